The number of aromatic nitrogens is 1. The van der Waals surface area contributed by atoms with Gasteiger partial charge in [-0.3, -0.25) is 0 Å². The third kappa shape index (κ3) is 2.02. The summed E-state index contributed by atoms with van der Waals surface area (Å²) >= 11 is 13.0. The van der Waals surface area contributed by atoms with Crippen LogP contribution in [0.2, 0.25) is 9.49 Å². The Morgan fingerprint density at radius 3 is 2.69 bits per heavy atom. The maximum atomic E-state index is 5.84. The van der Waals surface area contributed by atoms with Crippen LogP contribution in [0, 0.1) is 0 Å². The Bertz CT molecular complexity index is 425. The van der Waals surface area contributed by atoms with Crippen LogP contribution in [0.3, 0.4) is 0 Å². The summed E-state index contributed by atoms with van der Waals surface area (Å²) < 4.78 is 0.551. The number of nitrogens with zero attached hydrogens (tertiary/aromatic N) is 1. The Kier molecular flexibility index (Phi) is 2.54. The van der Waals surface area contributed by atoms with E-state index in [1.165, 1.54) is 11.3 Å². The lowest BCUT2D eigenvalue weighted by atomic mass is 10.2. The van der Waals surface area contributed by atoms with Gasteiger partial charge in [0.05, 0.1) is 5.69 Å². The van der Waals surface area contributed by atoms with Gasteiger partial charge in [-0.05, 0) is 12.1 Å². The van der Waals surface area contributed by atoms with E-state index in [4.69, 9.17) is 23.2 Å². The summed E-state index contributed by atoms with van der Waals surface area (Å²) in [7, 11) is 0. The zero-order chi connectivity index (χ0) is 9.26. The first-order valence-electron chi connectivity index (χ1n) is 3.63. The van der Waals surface area contributed by atoms with Gasteiger partial charge in [0.15, 0.2) is 4.47 Å². The highest BCUT2D eigenvalue weighted by molar-refractivity contribution is 7.14. The summed E-state index contributed by atoms with van der Waals surface area (Å²) in [5.41, 5.74) is 1.87. The fourth-order valence-corrected chi connectivity index (χ4v) is 2.00. The lowest BCUT2D eigenvalue weighted by Gasteiger charge is -1.95. The molecule has 13 heavy (non-hydrogen) atoms. The first-order valence-corrected chi connectivity index (χ1v) is 5.26. The fraction of sp³-hybridized carbons (Fsp3) is 0. The van der Waals surface area contributed by atoms with Crippen LogP contribution >= 0.6 is 34.5 Å². The molecule has 4 heteroatoms. The van der Waals surface area contributed by atoms with Crippen LogP contribution in [0.4, 0.5) is 0 Å². The summed E-state index contributed by atoms with van der Waals surface area (Å²) in [5, 5.41) is 2.62. The Labute approximate surface area is 90.0 Å². The molecule has 0 saturated heterocycles. The molecule has 0 amide bonds. The van der Waals surface area contributed by atoms with Crippen molar-refractivity contribution in [1.82, 2.24) is 4.98 Å². The van der Waals surface area contributed by atoms with Crippen molar-refractivity contribution in [3.05, 3.63) is 39.1 Å². The van der Waals surface area contributed by atoms with Gasteiger partial charge in [-0.25, -0.2) is 4.98 Å². The van der Waals surface area contributed by atoms with Crippen molar-refractivity contribution in [1.29, 1.82) is 0 Å². The molecule has 0 saturated carbocycles. The molecule has 0 aliphatic carbocycles. The van der Waals surface area contributed by atoms with Crippen molar-refractivity contribution in [3.8, 4) is 11.3 Å². The summed E-state index contributed by atoms with van der Waals surface area (Å²) in [6, 6.07) is 7.55. The predicted octanol–water partition coefficient (Wildman–Crippen LogP) is 4.12. The maximum Gasteiger partial charge on any atom is 0.184 e. The summed E-state index contributed by atoms with van der Waals surface area (Å²) in [6.45, 7) is 0. The number of thiazole rings is 1. The van der Waals surface area contributed by atoms with E-state index in [1.54, 1.807) is 0 Å². The van der Waals surface area contributed by atoms with E-state index >= 15 is 0 Å². The first-order chi connectivity index (χ1) is 6.25. The minimum absolute atomic E-state index is 0.551. The summed E-state index contributed by atoms with van der Waals surface area (Å²) in [4.78, 5) is 4.15. The monoisotopic (exact) mass is 229 g/mol. The van der Waals surface area contributed by atoms with Gasteiger partial charge >= 0.3 is 0 Å². The van der Waals surface area contributed by atoms with Crippen LogP contribution in [0.15, 0.2) is 29.6 Å². The predicted molar refractivity (Wildman–Crippen MR) is 57.6 cm³/mol. The number of rotatable bonds is 1. The second kappa shape index (κ2) is 3.66. The second-order valence-electron chi connectivity index (χ2n) is 2.50. The van der Waals surface area contributed by atoms with Crippen LogP contribution in [-0.2, 0) is 0 Å². The maximum absolute atomic E-state index is 5.84. The largest absolute Gasteiger partial charge is 0.225 e. The average molecular weight is 230 g/mol. The van der Waals surface area contributed by atoms with Crippen LogP contribution in [0.1, 0.15) is 0 Å². The van der Waals surface area contributed by atoms with E-state index in [-0.39, 0.29) is 0 Å². The van der Waals surface area contributed by atoms with E-state index in [9.17, 15) is 0 Å². The van der Waals surface area contributed by atoms with Gasteiger partial charge in [0.1, 0.15) is 0 Å². The third-order valence-electron chi connectivity index (χ3n) is 1.60. The van der Waals surface area contributed by atoms with E-state index in [2.05, 4.69) is 4.98 Å². The second-order valence-corrected chi connectivity index (χ2v) is 4.37. The normalized spacial score (nSPS) is 10.3. The van der Waals surface area contributed by atoms with Gasteiger partial charge in [-0.15, -0.1) is 11.3 Å². The molecule has 0 aliphatic heterocycles. The first kappa shape index (κ1) is 9.00. The van der Waals surface area contributed by atoms with Crippen molar-refractivity contribution >= 4 is 34.5 Å². The zero-order valence-electron chi connectivity index (χ0n) is 6.50. The molecule has 0 N–H and O–H groups in total. The standard InChI is InChI=1S/C9H5Cl2NS/c10-7-3-1-2-6(4-7)8-5-13-9(11)12-8/h1-5H. The Balaban J connectivity index is 2.46. The van der Waals surface area contributed by atoms with Crippen molar-refractivity contribution in [2.75, 3.05) is 0 Å². The Hall–Kier alpha value is -0.570. The molecule has 0 spiro atoms. The summed E-state index contributed by atoms with van der Waals surface area (Å²) in [6.07, 6.45) is 0. The van der Waals surface area contributed by atoms with Crippen LogP contribution in [0.5, 0.6) is 0 Å². The molecule has 1 heterocycles. The molecule has 1 aromatic carbocycles. The van der Waals surface area contributed by atoms with E-state index in [1.807, 2.05) is 29.6 Å². The average Bonchev–Trinajstić information content (AvgIpc) is 2.52. The number of halogens is 2. The highest BCUT2D eigenvalue weighted by atomic mass is 35.5. The highest BCUT2D eigenvalue weighted by Crippen LogP contribution is 2.26. The zero-order valence-corrected chi connectivity index (χ0v) is 8.83. The van der Waals surface area contributed by atoms with Gasteiger partial charge < -0.3 is 0 Å². The fourth-order valence-electron chi connectivity index (χ4n) is 1.03. The molecule has 2 aromatic rings. The number of benzene rings is 1. The van der Waals surface area contributed by atoms with E-state index in [0.29, 0.717) is 9.49 Å². The molecule has 0 aliphatic rings. The van der Waals surface area contributed by atoms with Crippen LogP contribution in [0.25, 0.3) is 11.3 Å². The van der Waals surface area contributed by atoms with Gasteiger partial charge in [0.2, 0.25) is 0 Å². The van der Waals surface area contributed by atoms with E-state index < -0.39 is 0 Å². The Morgan fingerprint density at radius 1 is 1.23 bits per heavy atom. The molecule has 0 radical (unpaired) electrons. The smallest absolute Gasteiger partial charge is 0.184 e. The lowest BCUT2D eigenvalue weighted by Crippen LogP contribution is -1.75. The molecule has 0 atom stereocenters. The van der Waals surface area contributed by atoms with Crippen LogP contribution in [-0.4, -0.2) is 4.98 Å². The molecular weight excluding hydrogens is 225 g/mol. The molecule has 2 rings (SSSR count). The van der Waals surface area contributed by atoms with Gasteiger partial charge in [-0.1, -0.05) is 35.3 Å². The lowest BCUT2D eigenvalue weighted by molar-refractivity contribution is 1.41. The molecule has 0 fully saturated rings. The van der Waals surface area contributed by atoms with Crippen molar-refractivity contribution in [2.45, 2.75) is 0 Å². The van der Waals surface area contributed by atoms with Gasteiger partial charge in [-0.2, -0.15) is 0 Å². The highest BCUT2D eigenvalue weighted by Gasteiger charge is 2.02. The quantitative estimate of drug-likeness (QED) is 0.718. The van der Waals surface area contributed by atoms with E-state index in [0.717, 1.165) is 11.3 Å². The van der Waals surface area contributed by atoms with Crippen molar-refractivity contribution < 1.29 is 0 Å². The number of hydrogen-bond acceptors (Lipinski definition) is 2. The minimum Gasteiger partial charge on any atom is -0.225 e. The SMILES string of the molecule is Clc1cccc(-c2csc(Cl)n2)c1. The van der Waals surface area contributed by atoms with Crippen LogP contribution < -0.4 is 0 Å². The molecular formula is C9H5Cl2NS. The van der Waals surface area contributed by atoms with Crippen molar-refractivity contribution in [3.63, 3.8) is 0 Å². The minimum atomic E-state index is 0.551. The van der Waals surface area contributed by atoms with Gasteiger partial charge in [0, 0.05) is 16.0 Å². The van der Waals surface area contributed by atoms with Crippen molar-refractivity contribution in [2.24, 2.45) is 0 Å². The molecule has 0 unspecified atom stereocenters. The number of hydrogen-bond donors (Lipinski definition) is 0. The molecule has 1 nitrogen and oxygen atoms in total. The topological polar surface area (TPSA) is 12.9 Å². The van der Waals surface area contributed by atoms with Gasteiger partial charge in [0.25, 0.3) is 0 Å². The molecule has 0 bridgehead atoms. The summed E-state index contributed by atoms with van der Waals surface area (Å²) in [5.74, 6) is 0. The molecule has 66 valence electrons. The Morgan fingerprint density at radius 2 is 2.08 bits per heavy atom. The molecule has 1 aromatic heterocycles. The third-order valence-corrected chi connectivity index (χ3v) is 2.81.